The maximum absolute atomic E-state index is 12.3. The van der Waals surface area contributed by atoms with Gasteiger partial charge in [-0.15, -0.1) is 0 Å². The van der Waals surface area contributed by atoms with Crippen molar-refractivity contribution in [1.29, 1.82) is 0 Å². The molecule has 1 atom stereocenters. The lowest BCUT2D eigenvalue weighted by Crippen LogP contribution is -2.45. The minimum Gasteiger partial charge on any atom is -0.504 e. The maximum atomic E-state index is 12.3. The van der Waals surface area contributed by atoms with Crippen molar-refractivity contribution in [1.82, 2.24) is 4.90 Å². The van der Waals surface area contributed by atoms with Crippen molar-refractivity contribution in [3.8, 4) is 11.5 Å². The highest BCUT2D eigenvalue weighted by Gasteiger charge is 2.22. The van der Waals surface area contributed by atoms with Crippen LogP contribution in [0.3, 0.4) is 0 Å². The van der Waals surface area contributed by atoms with Gasteiger partial charge in [-0.3, -0.25) is 4.79 Å². The zero-order chi connectivity index (χ0) is 14.5. The molecule has 20 heavy (non-hydrogen) atoms. The van der Waals surface area contributed by atoms with E-state index < -0.39 is 6.04 Å². The van der Waals surface area contributed by atoms with E-state index in [1.807, 2.05) is 16.7 Å². The number of aromatic hydroxyl groups is 2. The average molecular weight is 296 g/mol. The number of phenolic OH excluding ortho intramolecular Hbond substituents is 2. The van der Waals surface area contributed by atoms with Crippen LogP contribution in [0.4, 0.5) is 0 Å². The van der Waals surface area contributed by atoms with Crippen LogP contribution in [0.2, 0.25) is 0 Å². The molecule has 0 saturated carbocycles. The molecule has 1 heterocycles. The lowest BCUT2D eigenvalue weighted by molar-refractivity contribution is -0.132. The largest absolute Gasteiger partial charge is 0.504 e. The molecule has 0 unspecified atom stereocenters. The number of thioether (sulfide) groups is 1. The molecule has 1 aromatic carbocycles. The van der Waals surface area contributed by atoms with Gasteiger partial charge in [-0.05, 0) is 36.3 Å². The van der Waals surface area contributed by atoms with Gasteiger partial charge in [-0.2, -0.15) is 11.8 Å². The van der Waals surface area contributed by atoms with Crippen molar-refractivity contribution in [3.05, 3.63) is 23.8 Å². The number of benzene rings is 1. The number of nitrogens with zero attached hydrogens (tertiary/aromatic N) is 1. The van der Waals surface area contributed by atoms with Gasteiger partial charge >= 0.3 is 0 Å². The van der Waals surface area contributed by atoms with Gasteiger partial charge in [0.1, 0.15) is 0 Å². The van der Waals surface area contributed by atoms with E-state index in [2.05, 4.69) is 0 Å². The molecule has 1 fully saturated rings. The number of phenols is 2. The summed E-state index contributed by atoms with van der Waals surface area (Å²) in [5, 5.41) is 18.7. The molecule has 1 saturated heterocycles. The van der Waals surface area contributed by atoms with Crippen molar-refractivity contribution in [3.63, 3.8) is 0 Å². The van der Waals surface area contributed by atoms with E-state index in [-0.39, 0.29) is 17.4 Å². The first-order valence-corrected chi connectivity index (χ1v) is 7.86. The highest BCUT2D eigenvalue weighted by atomic mass is 32.2. The van der Waals surface area contributed by atoms with Crippen molar-refractivity contribution in [2.75, 3.05) is 24.6 Å². The molecule has 2 rings (SSSR count). The van der Waals surface area contributed by atoms with Crippen molar-refractivity contribution >= 4 is 17.7 Å². The Morgan fingerprint density at radius 3 is 2.85 bits per heavy atom. The Bertz CT molecular complexity index is 473. The van der Waals surface area contributed by atoms with Crippen LogP contribution in [0.15, 0.2) is 18.2 Å². The topological polar surface area (TPSA) is 86.8 Å². The summed E-state index contributed by atoms with van der Waals surface area (Å²) in [5.41, 5.74) is 6.72. The summed E-state index contributed by atoms with van der Waals surface area (Å²) >= 11 is 1.86. The summed E-state index contributed by atoms with van der Waals surface area (Å²) in [6.07, 6.45) is 1.36. The first-order valence-electron chi connectivity index (χ1n) is 6.71. The van der Waals surface area contributed by atoms with Crippen LogP contribution in [0.25, 0.3) is 0 Å². The van der Waals surface area contributed by atoms with Gasteiger partial charge in [0, 0.05) is 18.8 Å². The molecule has 6 heteroatoms. The fourth-order valence-corrected chi connectivity index (χ4v) is 3.13. The molecular weight excluding hydrogens is 276 g/mol. The minimum atomic E-state index is -0.609. The molecule has 1 amide bonds. The minimum absolute atomic E-state index is 0.0416. The molecule has 5 nitrogen and oxygen atoms in total. The zero-order valence-electron chi connectivity index (χ0n) is 11.3. The van der Waals surface area contributed by atoms with E-state index in [1.54, 1.807) is 6.07 Å². The van der Waals surface area contributed by atoms with Crippen LogP contribution in [0.1, 0.15) is 12.0 Å². The van der Waals surface area contributed by atoms with E-state index in [0.29, 0.717) is 6.42 Å². The Labute approximate surface area is 122 Å². The summed E-state index contributed by atoms with van der Waals surface area (Å²) in [7, 11) is 0. The number of nitrogens with two attached hydrogens (primary N) is 1. The quantitative estimate of drug-likeness (QED) is 0.723. The molecule has 0 radical (unpaired) electrons. The molecule has 1 aromatic rings. The summed E-state index contributed by atoms with van der Waals surface area (Å²) in [4.78, 5) is 14.1. The predicted octanol–water partition coefficient (Wildman–Crippen LogP) is 0.933. The Morgan fingerprint density at radius 1 is 1.30 bits per heavy atom. The third kappa shape index (κ3) is 3.80. The van der Waals surface area contributed by atoms with E-state index in [4.69, 9.17) is 5.73 Å². The lowest BCUT2D eigenvalue weighted by atomic mass is 10.0. The summed E-state index contributed by atoms with van der Waals surface area (Å²) in [6.45, 7) is 1.51. The van der Waals surface area contributed by atoms with Crippen LogP contribution in [-0.4, -0.2) is 51.7 Å². The fraction of sp³-hybridized carbons (Fsp3) is 0.500. The van der Waals surface area contributed by atoms with Gasteiger partial charge in [0.05, 0.1) is 6.04 Å². The number of carbonyl (C=O) groups excluding carboxylic acids is 1. The van der Waals surface area contributed by atoms with E-state index in [9.17, 15) is 15.0 Å². The highest BCUT2D eigenvalue weighted by Crippen LogP contribution is 2.25. The first kappa shape index (κ1) is 15.0. The average Bonchev–Trinajstić information content (AvgIpc) is 2.71. The molecular formula is C14H20N2O3S. The summed E-state index contributed by atoms with van der Waals surface area (Å²) in [6, 6.07) is 3.91. The molecule has 1 aliphatic rings. The van der Waals surface area contributed by atoms with Crippen molar-refractivity contribution in [2.24, 2.45) is 5.73 Å². The Morgan fingerprint density at radius 2 is 2.10 bits per heavy atom. The molecule has 0 bridgehead atoms. The maximum Gasteiger partial charge on any atom is 0.239 e. The standard InChI is InChI=1S/C14H20N2O3S/c15-11(8-10-2-3-12(17)13(18)9-10)14(19)16-4-1-6-20-7-5-16/h2-3,9,11,17-18H,1,4-8,15H2/t11-/m0/s1. The van der Waals surface area contributed by atoms with Crippen LogP contribution < -0.4 is 5.73 Å². The summed E-state index contributed by atoms with van der Waals surface area (Å²) in [5.74, 6) is 1.65. The number of rotatable bonds is 3. The molecule has 1 aliphatic heterocycles. The van der Waals surface area contributed by atoms with Crippen LogP contribution in [-0.2, 0) is 11.2 Å². The first-order chi connectivity index (χ1) is 9.58. The van der Waals surface area contributed by atoms with Gasteiger partial charge in [0.25, 0.3) is 0 Å². The molecule has 0 aromatic heterocycles. The third-order valence-electron chi connectivity index (χ3n) is 3.35. The van der Waals surface area contributed by atoms with Crippen molar-refractivity contribution < 1.29 is 15.0 Å². The molecule has 0 aliphatic carbocycles. The second kappa shape index (κ2) is 6.85. The smallest absolute Gasteiger partial charge is 0.239 e. The normalized spacial score (nSPS) is 17.6. The van der Waals surface area contributed by atoms with Gasteiger partial charge < -0.3 is 20.8 Å². The predicted molar refractivity (Wildman–Crippen MR) is 80.0 cm³/mol. The van der Waals surface area contributed by atoms with Crippen LogP contribution >= 0.6 is 11.8 Å². The van der Waals surface area contributed by atoms with E-state index in [0.717, 1.165) is 36.6 Å². The molecule has 0 spiro atoms. The number of hydrogen-bond donors (Lipinski definition) is 3. The van der Waals surface area contributed by atoms with Crippen LogP contribution in [0, 0.1) is 0 Å². The van der Waals surface area contributed by atoms with Gasteiger partial charge in [-0.25, -0.2) is 0 Å². The lowest BCUT2D eigenvalue weighted by Gasteiger charge is -2.23. The fourth-order valence-electron chi connectivity index (χ4n) is 2.24. The van der Waals surface area contributed by atoms with Gasteiger partial charge in [0.2, 0.25) is 5.91 Å². The highest BCUT2D eigenvalue weighted by molar-refractivity contribution is 7.99. The number of amides is 1. The molecule has 4 N–H and O–H groups in total. The monoisotopic (exact) mass is 296 g/mol. The second-order valence-corrected chi connectivity index (χ2v) is 6.15. The number of carbonyl (C=O) groups is 1. The summed E-state index contributed by atoms with van der Waals surface area (Å²) < 4.78 is 0. The Hall–Kier alpha value is -1.40. The second-order valence-electron chi connectivity index (χ2n) is 4.92. The van der Waals surface area contributed by atoms with Gasteiger partial charge in [0.15, 0.2) is 11.5 Å². The van der Waals surface area contributed by atoms with E-state index >= 15 is 0 Å². The third-order valence-corrected chi connectivity index (χ3v) is 4.40. The van der Waals surface area contributed by atoms with Gasteiger partial charge in [-0.1, -0.05) is 6.07 Å². The zero-order valence-corrected chi connectivity index (χ0v) is 12.1. The van der Waals surface area contributed by atoms with Crippen LogP contribution in [0.5, 0.6) is 11.5 Å². The Balaban J connectivity index is 1.97. The number of hydrogen-bond acceptors (Lipinski definition) is 5. The Kier molecular flexibility index (Phi) is 5.14. The van der Waals surface area contributed by atoms with Crippen molar-refractivity contribution in [2.45, 2.75) is 18.9 Å². The van der Waals surface area contributed by atoms with E-state index in [1.165, 1.54) is 12.1 Å². The SMILES string of the molecule is N[C@@H](Cc1ccc(O)c(O)c1)C(=O)N1CCCSCC1. The molecule has 110 valence electrons.